The molecular formula is C11H18N2O2. The molecule has 0 spiro atoms. The summed E-state index contributed by atoms with van der Waals surface area (Å²) in [5.41, 5.74) is 0. The second-order valence-corrected chi connectivity index (χ2v) is 4.94. The quantitative estimate of drug-likeness (QED) is 0.695. The summed E-state index contributed by atoms with van der Waals surface area (Å²) in [4.78, 5) is 11.4. The van der Waals surface area contributed by atoms with Gasteiger partial charge in [-0.3, -0.25) is 4.79 Å². The van der Waals surface area contributed by atoms with E-state index in [1.807, 2.05) is 0 Å². The Bertz CT molecular complexity index is 265. The van der Waals surface area contributed by atoms with Crippen molar-refractivity contribution >= 4 is 5.91 Å². The van der Waals surface area contributed by atoms with Crippen LogP contribution in [0.25, 0.3) is 0 Å². The predicted molar refractivity (Wildman–Crippen MR) is 55.5 cm³/mol. The van der Waals surface area contributed by atoms with Gasteiger partial charge in [0.15, 0.2) is 0 Å². The summed E-state index contributed by atoms with van der Waals surface area (Å²) in [5, 5.41) is 6.29. The van der Waals surface area contributed by atoms with Crippen molar-refractivity contribution in [3.8, 4) is 0 Å². The Kier molecular flexibility index (Phi) is 2.41. The van der Waals surface area contributed by atoms with Crippen LogP contribution >= 0.6 is 0 Å². The Morgan fingerprint density at radius 3 is 2.73 bits per heavy atom. The van der Waals surface area contributed by atoms with Crippen LogP contribution in [0.3, 0.4) is 0 Å². The van der Waals surface area contributed by atoms with Crippen molar-refractivity contribution in [2.24, 2.45) is 0 Å². The van der Waals surface area contributed by atoms with Crippen LogP contribution in [0.5, 0.6) is 0 Å². The molecule has 0 aromatic rings. The minimum Gasteiger partial charge on any atom is -0.373 e. The van der Waals surface area contributed by atoms with Crippen molar-refractivity contribution in [2.75, 3.05) is 6.54 Å². The number of amides is 1. The molecule has 3 rings (SSSR count). The third-order valence-corrected chi connectivity index (χ3v) is 3.57. The van der Waals surface area contributed by atoms with Gasteiger partial charge in [-0.15, -0.1) is 0 Å². The third-order valence-electron chi connectivity index (χ3n) is 3.57. The Morgan fingerprint density at radius 2 is 2.13 bits per heavy atom. The number of carbonyl (C=O) groups excluding carboxylic acids is 1. The van der Waals surface area contributed by atoms with E-state index in [1.165, 1.54) is 6.42 Å². The maximum Gasteiger partial charge on any atom is 0.234 e. The van der Waals surface area contributed by atoms with Gasteiger partial charge in [0.25, 0.3) is 0 Å². The summed E-state index contributed by atoms with van der Waals surface area (Å²) < 4.78 is 5.72. The SMILES string of the molecule is O=C(CNC1CC2CCC1O2)NC1CC1. The molecule has 2 saturated heterocycles. The molecule has 1 amide bonds. The van der Waals surface area contributed by atoms with Gasteiger partial charge in [-0.2, -0.15) is 0 Å². The van der Waals surface area contributed by atoms with Crippen molar-refractivity contribution in [1.29, 1.82) is 0 Å². The molecule has 2 aliphatic heterocycles. The fourth-order valence-electron chi connectivity index (χ4n) is 2.58. The number of rotatable bonds is 4. The Labute approximate surface area is 89.7 Å². The number of carbonyl (C=O) groups is 1. The first-order valence-corrected chi connectivity index (χ1v) is 5.99. The first-order chi connectivity index (χ1) is 7.31. The molecule has 2 bridgehead atoms. The zero-order chi connectivity index (χ0) is 10.3. The molecule has 3 fully saturated rings. The van der Waals surface area contributed by atoms with E-state index in [9.17, 15) is 4.79 Å². The van der Waals surface area contributed by atoms with Gasteiger partial charge < -0.3 is 15.4 Å². The van der Waals surface area contributed by atoms with Gasteiger partial charge in [0.1, 0.15) is 0 Å². The summed E-state index contributed by atoms with van der Waals surface area (Å²) in [6, 6.07) is 0.879. The molecule has 3 unspecified atom stereocenters. The van der Waals surface area contributed by atoms with E-state index in [-0.39, 0.29) is 5.91 Å². The molecule has 0 aromatic heterocycles. The zero-order valence-corrected chi connectivity index (χ0v) is 8.87. The second-order valence-electron chi connectivity index (χ2n) is 4.94. The highest BCUT2D eigenvalue weighted by molar-refractivity contribution is 5.78. The monoisotopic (exact) mass is 210 g/mol. The Hall–Kier alpha value is -0.610. The highest BCUT2D eigenvalue weighted by Crippen LogP contribution is 2.34. The number of hydrogen-bond acceptors (Lipinski definition) is 3. The van der Waals surface area contributed by atoms with Crippen LogP contribution in [0.15, 0.2) is 0 Å². The van der Waals surface area contributed by atoms with Crippen molar-refractivity contribution < 1.29 is 9.53 Å². The van der Waals surface area contributed by atoms with E-state index < -0.39 is 0 Å². The maximum absolute atomic E-state index is 11.4. The highest BCUT2D eigenvalue weighted by Gasteiger charge is 2.40. The normalized spacial score (nSPS) is 38.3. The lowest BCUT2D eigenvalue weighted by molar-refractivity contribution is -0.120. The number of fused-ring (bicyclic) bond motifs is 2. The second kappa shape index (κ2) is 3.76. The minimum atomic E-state index is 0.139. The molecule has 4 nitrogen and oxygen atoms in total. The van der Waals surface area contributed by atoms with Crippen molar-refractivity contribution in [1.82, 2.24) is 10.6 Å². The molecule has 15 heavy (non-hydrogen) atoms. The van der Waals surface area contributed by atoms with Crippen molar-refractivity contribution in [3.63, 3.8) is 0 Å². The van der Waals surface area contributed by atoms with Gasteiger partial charge in [-0.05, 0) is 32.1 Å². The molecule has 0 radical (unpaired) electrons. The highest BCUT2D eigenvalue weighted by atomic mass is 16.5. The third kappa shape index (κ3) is 2.16. The molecule has 84 valence electrons. The standard InChI is InChI=1S/C11H18N2O2/c14-11(13-7-1-2-7)6-12-9-5-8-3-4-10(9)15-8/h7-10,12H,1-6H2,(H,13,14). The van der Waals surface area contributed by atoms with Gasteiger partial charge in [-0.25, -0.2) is 0 Å². The lowest BCUT2D eigenvalue weighted by atomic mass is 9.95. The fraction of sp³-hybridized carbons (Fsp3) is 0.909. The van der Waals surface area contributed by atoms with E-state index in [4.69, 9.17) is 4.74 Å². The molecule has 2 heterocycles. The topological polar surface area (TPSA) is 50.4 Å². The summed E-state index contributed by atoms with van der Waals surface area (Å²) in [6.07, 6.45) is 6.58. The van der Waals surface area contributed by atoms with Gasteiger partial charge in [-0.1, -0.05) is 0 Å². The van der Waals surface area contributed by atoms with E-state index in [0.29, 0.717) is 30.8 Å². The van der Waals surface area contributed by atoms with E-state index in [2.05, 4.69) is 10.6 Å². The van der Waals surface area contributed by atoms with Crippen LogP contribution < -0.4 is 10.6 Å². The van der Waals surface area contributed by atoms with Gasteiger partial charge >= 0.3 is 0 Å². The number of nitrogens with one attached hydrogen (secondary N) is 2. The molecule has 1 saturated carbocycles. The molecule has 3 atom stereocenters. The van der Waals surface area contributed by atoms with Gasteiger partial charge in [0.05, 0.1) is 18.8 Å². The summed E-state index contributed by atoms with van der Waals surface area (Å²) in [6.45, 7) is 0.452. The largest absolute Gasteiger partial charge is 0.373 e. The molecule has 0 aromatic carbocycles. The van der Waals surface area contributed by atoms with Crippen LogP contribution in [0.2, 0.25) is 0 Å². The van der Waals surface area contributed by atoms with Gasteiger partial charge in [0, 0.05) is 12.1 Å². The minimum absolute atomic E-state index is 0.139. The predicted octanol–water partition coefficient (Wildman–Crippen LogP) is 0.175. The molecule has 3 aliphatic rings. The average molecular weight is 210 g/mol. The van der Waals surface area contributed by atoms with E-state index in [0.717, 1.165) is 25.7 Å². The van der Waals surface area contributed by atoms with E-state index in [1.54, 1.807) is 0 Å². The average Bonchev–Trinajstić information content (AvgIpc) is 2.80. The smallest absolute Gasteiger partial charge is 0.234 e. The van der Waals surface area contributed by atoms with Crippen LogP contribution in [0.1, 0.15) is 32.1 Å². The van der Waals surface area contributed by atoms with E-state index >= 15 is 0 Å². The maximum atomic E-state index is 11.4. The lowest BCUT2D eigenvalue weighted by Gasteiger charge is -2.19. The van der Waals surface area contributed by atoms with Crippen LogP contribution in [-0.2, 0) is 9.53 Å². The van der Waals surface area contributed by atoms with Crippen LogP contribution in [0.4, 0.5) is 0 Å². The summed E-state index contributed by atoms with van der Waals surface area (Å²) in [7, 11) is 0. The van der Waals surface area contributed by atoms with Crippen LogP contribution in [-0.4, -0.2) is 36.7 Å². The lowest BCUT2D eigenvalue weighted by Crippen LogP contribution is -2.43. The Balaban J connectivity index is 1.40. The van der Waals surface area contributed by atoms with Crippen LogP contribution in [0, 0.1) is 0 Å². The molecule has 4 heteroatoms. The number of hydrogen-bond donors (Lipinski definition) is 2. The van der Waals surface area contributed by atoms with Crippen molar-refractivity contribution in [3.05, 3.63) is 0 Å². The molecule has 2 N–H and O–H groups in total. The number of ether oxygens (including phenoxy) is 1. The van der Waals surface area contributed by atoms with Gasteiger partial charge in [0.2, 0.25) is 5.91 Å². The first-order valence-electron chi connectivity index (χ1n) is 5.99. The first kappa shape index (κ1) is 9.60. The summed E-state index contributed by atoms with van der Waals surface area (Å²) in [5.74, 6) is 0.139. The van der Waals surface area contributed by atoms with Crippen molar-refractivity contribution in [2.45, 2.75) is 56.4 Å². The zero-order valence-electron chi connectivity index (χ0n) is 8.87. The summed E-state index contributed by atoms with van der Waals surface area (Å²) >= 11 is 0. The fourth-order valence-corrected chi connectivity index (χ4v) is 2.58. The molecule has 1 aliphatic carbocycles. The molecular weight excluding hydrogens is 192 g/mol. The Morgan fingerprint density at radius 1 is 1.27 bits per heavy atom.